The molecule has 0 radical (unpaired) electrons. The highest BCUT2D eigenvalue weighted by molar-refractivity contribution is 8.23. The van der Waals surface area contributed by atoms with E-state index in [0.717, 1.165) is 32.4 Å². The lowest BCUT2D eigenvalue weighted by Crippen LogP contribution is -2.36. The van der Waals surface area contributed by atoms with Gasteiger partial charge in [0.25, 0.3) is 5.69 Å². The van der Waals surface area contributed by atoms with Crippen LogP contribution in [-0.4, -0.2) is 33.5 Å². The number of nitro benzene ring substituents is 1. The van der Waals surface area contributed by atoms with Crippen molar-refractivity contribution in [2.45, 2.75) is 24.2 Å². The molecule has 5 nitrogen and oxygen atoms in total. The fraction of sp³-hybridized carbons (Fsp3) is 0.300. The van der Waals surface area contributed by atoms with Gasteiger partial charge in [-0.05, 0) is 36.8 Å². The SMILES string of the molecule is O=Cc1cc([N+](=O)[O-])ccc1SC(=S)N1CCC(Cc2ccccc2)CC1. The zero-order valence-corrected chi connectivity index (χ0v) is 16.4. The molecule has 0 saturated carbocycles. The Bertz CT molecular complexity index is 834. The van der Waals surface area contributed by atoms with Gasteiger partial charge >= 0.3 is 0 Å². The second kappa shape index (κ2) is 9.10. The first-order valence-electron chi connectivity index (χ1n) is 8.81. The molecule has 1 aliphatic heterocycles. The van der Waals surface area contributed by atoms with Gasteiger partial charge in [0.15, 0.2) is 6.29 Å². The summed E-state index contributed by atoms with van der Waals surface area (Å²) in [6.07, 6.45) is 3.89. The third kappa shape index (κ3) is 5.14. The highest BCUT2D eigenvalue weighted by atomic mass is 32.2. The topological polar surface area (TPSA) is 63.4 Å². The Morgan fingerprint density at radius 1 is 1.22 bits per heavy atom. The van der Waals surface area contributed by atoms with Crippen molar-refractivity contribution in [1.82, 2.24) is 4.90 Å². The summed E-state index contributed by atoms with van der Waals surface area (Å²) >= 11 is 6.89. The second-order valence-corrected chi connectivity index (χ2v) is 8.26. The molecule has 0 amide bonds. The van der Waals surface area contributed by atoms with Crippen LogP contribution in [0.5, 0.6) is 0 Å². The van der Waals surface area contributed by atoms with E-state index < -0.39 is 4.92 Å². The highest BCUT2D eigenvalue weighted by Gasteiger charge is 2.22. The number of likely N-dealkylation sites (tertiary alicyclic amines) is 1. The van der Waals surface area contributed by atoms with Gasteiger partial charge in [-0.2, -0.15) is 0 Å². The molecular formula is C20H20N2O3S2. The number of thioether (sulfide) groups is 1. The van der Waals surface area contributed by atoms with E-state index in [-0.39, 0.29) is 5.69 Å². The van der Waals surface area contributed by atoms with Gasteiger partial charge in [0, 0.05) is 35.7 Å². The van der Waals surface area contributed by atoms with Crippen LogP contribution in [-0.2, 0) is 6.42 Å². The molecule has 0 atom stereocenters. The number of non-ortho nitro benzene ring substituents is 1. The quantitative estimate of drug-likeness (QED) is 0.237. The lowest BCUT2D eigenvalue weighted by atomic mass is 9.90. The van der Waals surface area contributed by atoms with Crippen molar-refractivity contribution in [1.29, 1.82) is 0 Å². The molecule has 27 heavy (non-hydrogen) atoms. The van der Waals surface area contributed by atoms with E-state index in [1.165, 1.54) is 29.5 Å². The lowest BCUT2D eigenvalue weighted by molar-refractivity contribution is -0.384. The number of thiocarbonyl (C=S) groups is 1. The number of carbonyl (C=O) groups excluding carboxylic acids is 1. The summed E-state index contributed by atoms with van der Waals surface area (Å²) in [5.41, 5.74) is 1.58. The largest absolute Gasteiger partial charge is 0.357 e. The van der Waals surface area contributed by atoms with Crippen LogP contribution in [0.4, 0.5) is 5.69 Å². The zero-order chi connectivity index (χ0) is 19.2. The van der Waals surface area contributed by atoms with Crippen LogP contribution in [0.2, 0.25) is 0 Å². The van der Waals surface area contributed by atoms with Crippen molar-refractivity contribution in [3.8, 4) is 0 Å². The predicted octanol–water partition coefficient (Wildman–Crippen LogP) is 4.74. The highest BCUT2D eigenvalue weighted by Crippen LogP contribution is 2.30. The van der Waals surface area contributed by atoms with Crippen molar-refractivity contribution in [2.24, 2.45) is 5.92 Å². The van der Waals surface area contributed by atoms with E-state index >= 15 is 0 Å². The number of carbonyl (C=O) groups is 1. The molecule has 0 unspecified atom stereocenters. The number of benzene rings is 2. The van der Waals surface area contributed by atoms with E-state index in [2.05, 4.69) is 29.2 Å². The first-order chi connectivity index (χ1) is 13.1. The van der Waals surface area contributed by atoms with Crippen molar-refractivity contribution < 1.29 is 9.72 Å². The monoisotopic (exact) mass is 400 g/mol. The Labute approximate surface area is 167 Å². The Balaban J connectivity index is 1.57. The number of aldehydes is 1. The number of nitro groups is 1. The number of hydrogen-bond acceptors (Lipinski definition) is 5. The Kier molecular flexibility index (Phi) is 6.58. The molecule has 0 bridgehead atoms. The van der Waals surface area contributed by atoms with E-state index in [1.807, 2.05) is 6.07 Å². The van der Waals surface area contributed by atoms with E-state index in [9.17, 15) is 14.9 Å². The maximum atomic E-state index is 11.3. The van der Waals surface area contributed by atoms with Crippen molar-refractivity contribution in [3.63, 3.8) is 0 Å². The molecule has 140 valence electrons. The number of piperidine rings is 1. The lowest BCUT2D eigenvalue weighted by Gasteiger charge is -2.33. The third-order valence-electron chi connectivity index (χ3n) is 4.77. The van der Waals surface area contributed by atoms with E-state index in [0.29, 0.717) is 27.0 Å². The van der Waals surface area contributed by atoms with Crippen LogP contribution in [0, 0.1) is 16.0 Å². The van der Waals surface area contributed by atoms with E-state index in [1.54, 1.807) is 6.07 Å². The molecule has 2 aromatic rings. The standard InChI is InChI=1S/C20H20N2O3S2/c23-14-17-13-18(22(24)25)6-7-19(17)27-20(26)21-10-8-16(9-11-21)12-15-4-2-1-3-5-15/h1-7,13-14,16H,8-12H2. The average Bonchev–Trinajstić information content (AvgIpc) is 2.69. The third-order valence-corrected chi connectivity index (χ3v) is 6.30. The number of rotatable bonds is 5. The summed E-state index contributed by atoms with van der Waals surface area (Å²) in [6, 6.07) is 14.8. The van der Waals surface area contributed by atoms with Crippen LogP contribution in [0.3, 0.4) is 0 Å². The molecular weight excluding hydrogens is 380 g/mol. The van der Waals surface area contributed by atoms with Gasteiger partial charge in [0.05, 0.1) is 4.92 Å². The maximum Gasteiger partial charge on any atom is 0.270 e. The van der Waals surface area contributed by atoms with Crippen LogP contribution < -0.4 is 0 Å². The molecule has 2 aromatic carbocycles. The molecule has 0 N–H and O–H groups in total. The first-order valence-corrected chi connectivity index (χ1v) is 10.0. The smallest absolute Gasteiger partial charge is 0.270 e. The Morgan fingerprint density at radius 2 is 1.93 bits per heavy atom. The van der Waals surface area contributed by atoms with Crippen LogP contribution in [0.25, 0.3) is 0 Å². The molecule has 3 rings (SSSR count). The van der Waals surface area contributed by atoms with Crippen LogP contribution in [0.15, 0.2) is 53.4 Å². The van der Waals surface area contributed by atoms with Gasteiger partial charge < -0.3 is 4.90 Å². The molecule has 0 aromatic heterocycles. The van der Waals surface area contributed by atoms with Crippen molar-refractivity contribution in [3.05, 3.63) is 69.8 Å². The minimum absolute atomic E-state index is 0.0888. The predicted molar refractivity (Wildman–Crippen MR) is 111 cm³/mol. The average molecular weight is 401 g/mol. The van der Waals surface area contributed by atoms with Crippen molar-refractivity contribution in [2.75, 3.05) is 13.1 Å². The summed E-state index contributed by atoms with van der Waals surface area (Å²) < 4.78 is 0.713. The Morgan fingerprint density at radius 3 is 2.56 bits per heavy atom. The molecule has 1 aliphatic rings. The van der Waals surface area contributed by atoms with Gasteiger partial charge in [-0.15, -0.1) is 0 Å². The zero-order valence-electron chi connectivity index (χ0n) is 14.7. The summed E-state index contributed by atoms with van der Waals surface area (Å²) in [7, 11) is 0. The fourth-order valence-electron chi connectivity index (χ4n) is 3.26. The van der Waals surface area contributed by atoms with Crippen LogP contribution >= 0.6 is 24.0 Å². The molecule has 1 heterocycles. The molecule has 0 aliphatic carbocycles. The number of nitrogens with zero attached hydrogens (tertiary/aromatic N) is 2. The van der Waals surface area contributed by atoms with Gasteiger partial charge in [0.2, 0.25) is 0 Å². The van der Waals surface area contributed by atoms with E-state index in [4.69, 9.17) is 12.2 Å². The van der Waals surface area contributed by atoms with Gasteiger partial charge in [-0.1, -0.05) is 54.3 Å². The molecule has 7 heteroatoms. The Hall–Kier alpha value is -2.25. The summed E-state index contributed by atoms with van der Waals surface area (Å²) in [6.45, 7) is 1.79. The first kappa shape index (κ1) is 19.5. The summed E-state index contributed by atoms with van der Waals surface area (Å²) in [5, 5.41) is 10.9. The van der Waals surface area contributed by atoms with Crippen molar-refractivity contribution >= 4 is 40.3 Å². The van der Waals surface area contributed by atoms with Gasteiger partial charge in [-0.25, -0.2) is 0 Å². The normalized spacial score (nSPS) is 14.7. The minimum atomic E-state index is -0.503. The molecule has 1 saturated heterocycles. The summed E-state index contributed by atoms with van der Waals surface area (Å²) in [5.74, 6) is 0.654. The second-order valence-electron chi connectivity index (χ2n) is 6.59. The number of hydrogen-bond donors (Lipinski definition) is 0. The fourth-order valence-corrected chi connectivity index (χ4v) is 4.57. The minimum Gasteiger partial charge on any atom is -0.357 e. The van der Waals surface area contributed by atoms with Crippen LogP contribution in [0.1, 0.15) is 28.8 Å². The molecule has 0 spiro atoms. The molecule has 1 fully saturated rings. The van der Waals surface area contributed by atoms with Gasteiger partial charge in [-0.3, -0.25) is 14.9 Å². The van der Waals surface area contributed by atoms with Gasteiger partial charge in [0.1, 0.15) is 4.32 Å². The maximum absolute atomic E-state index is 11.3. The summed E-state index contributed by atoms with van der Waals surface area (Å²) in [4.78, 5) is 24.5.